The Labute approximate surface area is 198 Å². The van der Waals surface area contributed by atoms with Crippen LogP contribution in [0.25, 0.3) is 0 Å². The lowest BCUT2D eigenvalue weighted by Crippen LogP contribution is -2.36. The van der Waals surface area contributed by atoms with Crippen molar-refractivity contribution in [3.8, 4) is 5.75 Å². The van der Waals surface area contributed by atoms with Crippen LogP contribution in [0.5, 0.6) is 5.75 Å². The van der Waals surface area contributed by atoms with Gasteiger partial charge in [-0.05, 0) is 74.9 Å². The lowest BCUT2D eigenvalue weighted by atomic mass is 9.89. The first-order valence-electron chi connectivity index (χ1n) is 11.6. The molecule has 1 unspecified atom stereocenters. The smallest absolute Gasteiger partial charge is 0.270 e. The van der Waals surface area contributed by atoms with Gasteiger partial charge in [0.2, 0.25) is 5.91 Å². The maximum Gasteiger partial charge on any atom is 0.270 e. The molecule has 1 heterocycles. The van der Waals surface area contributed by atoms with Crippen LogP contribution in [0.15, 0.2) is 53.6 Å². The van der Waals surface area contributed by atoms with E-state index in [-0.39, 0.29) is 17.4 Å². The van der Waals surface area contributed by atoms with Crippen molar-refractivity contribution < 1.29 is 23.1 Å². The number of carbonyl (C=O) groups excluding carboxylic acids is 2. The van der Waals surface area contributed by atoms with Crippen molar-refractivity contribution >= 4 is 28.9 Å². The summed E-state index contributed by atoms with van der Waals surface area (Å²) in [6.07, 6.45) is 4.59. The average Bonchev–Trinajstić information content (AvgIpc) is 3.09. The number of hydrazone groups is 1. The van der Waals surface area contributed by atoms with Crippen molar-refractivity contribution in [2.45, 2.75) is 58.5 Å². The Kier molecular flexibility index (Phi) is 6.68. The van der Waals surface area contributed by atoms with E-state index in [1.54, 1.807) is 31.2 Å². The first kappa shape index (κ1) is 23.9. The summed E-state index contributed by atoms with van der Waals surface area (Å²) in [6.45, 7) is 4.64. The van der Waals surface area contributed by atoms with Gasteiger partial charge in [-0.3, -0.25) is 9.59 Å². The Hall–Kier alpha value is -3.29. The zero-order valence-corrected chi connectivity index (χ0v) is 19.6. The van der Waals surface area contributed by atoms with Crippen LogP contribution >= 0.6 is 0 Å². The molecule has 34 heavy (non-hydrogen) atoms. The number of carbonyl (C=O) groups is 2. The molecule has 2 amide bonds. The van der Waals surface area contributed by atoms with Gasteiger partial charge in [0.25, 0.3) is 11.8 Å². The Morgan fingerprint density at radius 2 is 1.79 bits per heavy atom. The molecule has 2 aromatic rings. The summed E-state index contributed by atoms with van der Waals surface area (Å²) < 4.78 is 33.3. The molecule has 1 aliphatic carbocycles. The maximum atomic E-state index is 13.6. The minimum absolute atomic E-state index is 0.196. The van der Waals surface area contributed by atoms with Gasteiger partial charge in [0.05, 0.1) is 17.5 Å². The SMILES string of the molecule is CC1=NN(c2ccc(OC3CCC(C)CC3)cc2)C(=O)C1C(=O)Nc1cccc(C(C)(F)F)c1. The summed E-state index contributed by atoms with van der Waals surface area (Å²) in [5, 5.41) is 8.04. The van der Waals surface area contributed by atoms with Gasteiger partial charge in [-0.15, -0.1) is 0 Å². The highest BCUT2D eigenvalue weighted by Crippen LogP contribution is 2.31. The van der Waals surface area contributed by atoms with E-state index in [9.17, 15) is 18.4 Å². The van der Waals surface area contributed by atoms with Crippen molar-refractivity contribution in [1.82, 2.24) is 0 Å². The second kappa shape index (κ2) is 9.52. The van der Waals surface area contributed by atoms with E-state index in [0.717, 1.165) is 44.3 Å². The number of anilines is 2. The van der Waals surface area contributed by atoms with E-state index in [1.165, 1.54) is 29.3 Å². The standard InChI is InChI=1S/C26H29F2N3O3/c1-16-7-11-21(12-8-16)34-22-13-9-20(10-14-22)31-25(33)23(17(2)30-31)24(32)29-19-6-4-5-18(15-19)26(3,27)28/h4-6,9-10,13-16,21,23H,7-8,11-12H2,1-3H3,(H,29,32). The molecule has 0 saturated heterocycles. The van der Waals surface area contributed by atoms with Crippen molar-refractivity contribution in [3.05, 3.63) is 54.1 Å². The Bertz CT molecular complexity index is 1090. The quantitative estimate of drug-likeness (QED) is 0.549. The highest BCUT2D eigenvalue weighted by Gasteiger charge is 2.40. The van der Waals surface area contributed by atoms with Crippen LogP contribution in [-0.2, 0) is 15.5 Å². The minimum Gasteiger partial charge on any atom is -0.490 e. The summed E-state index contributed by atoms with van der Waals surface area (Å²) >= 11 is 0. The molecule has 2 aromatic carbocycles. The van der Waals surface area contributed by atoms with Crippen LogP contribution in [0.4, 0.5) is 20.2 Å². The first-order chi connectivity index (χ1) is 16.1. The van der Waals surface area contributed by atoms with Crippen molar-refractivity contribution in [2.75, 3.05) is 10.3 Å². The van der Waals surface area contributed by atoms with Crippen molar-refractivity contribution in [3.63, 3.8) is 0 Å². The van der Waals surface area contributed by atoms with Gasteiger partial charge in [0, 0.05) is 18.2 Å². The molecular formula is C26H29F2N3O3. The maximum absolute atomic E-state index is 13.6. The fraction of sp³-hybridized carbons (Fsp3) is 0.423. The van der Waals surface area contributed by atoms with Gasteiger partial charge >= 0.3 is 0 Å². The first-order valence-corrected chi connectivity index (χ1v) is 11.6. The third-order valence-electron chi connectivity index (χ3n) is 6.38. The van der Waals surface area contributed by atoms with Crippen LogP contribution in [0.1, 0.15) is 52.0 Å². The normalized spacial score (nSPS) is 23.0. The summed E-state index contributed by atoms with van der Waals surface area (Å²) in [4.78, 5) is 25.8. The van der Waals surface area contributed by atoms with E-state index in [1.807, 2.05) is 0 Å². The summed E-state index contributed by atoms with van der Waals surface area (Å²) in [5.41, 5.74) is 0.829. The minimum atomic E-state index is -3.04. The lowest BCUT2D eigenvalue weighted by molar-refractivity contribution is -0.127. The van der Waals surface area contributed by atoms with Crippen LogP contribution in [-0.4, -0.2) is 23.6 Å². The van der Waals surface area contributed by atoms with Crippen LogP contribution in [0.3, 0.4) is 0 Å². The van der Waals surface area contributed by atoms with Gasteiger partial charge in [-0.1, -0.05) is 19.1 Å². The molecule has 0 radical (unpaired) electrons. The third-order valence-corrected chi connectivity index (χ3v) is 6.38. The molecule has 1 aliphatic heterocycles. The summed E-state index contributed by atoms with van der Waals surface area (Å²) in [5.74, 6) is -3.81. The van der Waals surface area contributed by atoms with Crippen molar-refractivity contribution in [1.29, 1.82) is 0 Å². The number of rotatable bonds is 6. The zero-order valence-electron chi connectivity index (χ0n) is 19.6. The van der Waals surface area contributed by atoms with Crippen LogP contribution in [0, 0.1) is 11.8 Å². The number of halogens is 2. The van der Waals surface area contributed by atoms with E-state index < -0.39 is 23.7 Å². The number of benzene rings is 2. The predicted molar refractivity (Wildman–Crippen MR) is 127 cm³/mol. The number of alkyl halides is 2. The van der Waals surface area contributed by atoms with Gasteiger partial charge < -0.3 is 10.1 Å². The molecule has 4 rings (SSSR count). The largest absolute Gasteiger partial charge is 0.490 e. The molecule has 2 aliphatic rings. The second-order valence-corrected chi connectivity index (χ2v) is 9.28. The number of ether oxygens (including phenoxy) is 1. The van der Waals surface area contributed by atoms with Gasteiger partial charge in [0.15, 0.2) is 5.92 Å². The predicted octanol–water partition coefficient (Wildman–Crippen LogP) is 5.73. The molecule has 1 atom stereocenters. The molecular weight excluding hydrogens is 440 g/mol. The number of nitrogens with zero attached hydrogens (tertiary/aromatic N) is 2. The number of amides is 2. The van der Waals surface area contributed by atoms with E-state index in [0.29, 0.717) is 11.4 Å². The molecule has 0 spiro atoms. The monoisotopic (exact) mass is 469 g/mol. The van der Waals surface area contributed by atoms with Gasteiger partial charge in [-0.25, -0.2) is 8.78 Å². The fourth-order valence-electron chi connectivity index (χ4n) is 4.34. The fourth-order valence-corrected chi connectivity index (χ4v) is 4.34. The topological polar surface area (TPSA) is 71.0 Å². The number of hydrogen-bond acceptors (Lipinski definition) is 4. The summed E-state index contributed by atoms with van der Waals surface area (Å²) in [6, 6.07) is 12.5. The molecule has 1 saturated carbocycles. The highest BCUT2D eigenvalue weighted by molar-refractivity contribution is 6.28. The molecule has 0 aromatic heterocycles. The van der Waals surface area contributed by atoms with Crippen molar-refractivity contribution in [2.24, 2.45) is 16.9 Å². The van der Waals surface area contributed by atoms with Crippen LogP contribution in [0.2, 0.25) is 0 Å². The Balaban J connectivity index is 1.41. The molecule has 1 fully saturated rings. The average molecular weight is 470 g/mol. The number of nitrogens with one attached hydrogen (secondary N) is 1. The number of hydrogen-bond donors (Lipinski definition) is 1. The Morgan fingerprint density at radius 1 is 1.12 bits per heavy atom. The molecule has 6 nitrogen and oxygen atoms in total. The zero-order chi connectivity index (χ0) is 24.5. The molecule has 8 heteroatoms. The van der Waals surface area contributed by atoms with Gasteiger partial charge in [-0.2, -0.15) is 10.1 Å². The van der Waals surface area contributed by atoms with E-state index in [2.05, 4.69) is 17.3 Å². The lowest BCUT2D eigenvalue weighted by Gasteiger charge is -2.27. The van der Waals surface area contributed by atoms with Gasteiger partial charge in [0.1, 0.15) is 5.75 Å². The second-order valence-electron chi connectivity index (χ2n) is 9.28. The van der Waals surface area contributed by atoms with Crippen LogP contribution < -0.4 is 15.1 Å². The molecule has 180 valence electrons. The summed E-state index contributed by atoms with van der Waals surface area (Å²) in [7, 11) is 0. The Morgan fingerprint density at radius 3 is 2.44 bits per heavy atom. The highest BCUT2D eigenvalue weighted by atomic mass is 19.3. The van der Waals surface area contributed by atoms with E-state index >= 15 is 0 Å². The molecule has 1 N–H and O–H groups in total. The molecule has 0 bridgehead atoms. The van der Waals surface area contributed by atoms with E-state index in [4.69, 9.17) is 4.74 Å². The third kappa shape index (κ3) is 5.26.